The molecule has 1 fully saturated rings. The van der Waals surface area contributed by atoms with E-state index >= 15 is 0 Å². The molecule has 1 aliphatic heterocycles. The Morgan fingerprint density at radius 1 is 1.40 bits per heavy atom. The molecule has 15 heavy (non-hydrogen) atoms. The maximum atomic E-state index is 11.7. The van der Waals surface area contributed by atoms with Crippen molar-refractivity contribution in [2.24, 2.45) is 11.8 Å². The summed E-state index contributed by atoms with van der Waals surface area (Å²) in [4.78, 5) is 24.0. The van der Waals surface area contributed by atoms with E-state index in [1.165, 1.54) is 0 Å². The first-order chi connectivity index (χ1) is 6.83. The summed E-state index contributed by atoms with van der Waals surface area (Å²) in [6.07, 6.45) is 0.605. The lowest BCUT2D eigenvalue weighted by Gasteiger charge is -2.24. The van der Waals surface area contributed by atoms with E-state index in [9.17, 15) is 9.59 Å². The van der Waals surface area contributed by atoms with Gasteiger partial charge in [0.05, 0.1) is 0 Å². The van der Waals surface area contributed by atoms with Crippen molar-refractivity contribution in [1.82, 2.24) is 4.90 Å². The van der Waals surface area contributed by atoms with E-state index in [1.807, 2.05) is 27.7 Å². The van der Waals surface area contributed by atoms with Crippen LogP contribution in [0.5, 0.6) is 0 Å². The fourth-order valence-corrected chi connectivity index (χ4v) is 1.64. The van der Waals surface area contributed by atoms with Crippen LogP contribution in [0.1, 0.15) is 27.7 Å². The molecule has 0 radical (unpaired) electrons. The minimum atomic E-state index is -0.473. The van der Waals surface area contributed by atoms with Gasteiger partial charge in [0.25, 0.3) is 0 Å². The van der Waals surface area contributed by atoms with Crippen molar-refractivity contribution in [2.45, 2.75) is 33.3 Å². The number of carbonyl (C=O) groups excluding carboxylic acids is 2. The number of aldehydes is 1. The number of hydrogen-bond acceptors (Lipinski definition) is 3. The van der Waals surface area contributed by atoms with Crippen molar-refractivity contribution < 1.29 is 14.3 Å². The van der Waals surface area contributed by atoms with Crippen molar-refractivity contribution in [3.63, 3.8) is 0 Å². The molecule has 0 aromatic rings. The predicted molar refractivity (Wildman–Crippen MR) is 56.5 cm³/mol. The number of hydrogen-bond donors (Lipinski definition) is 0. The molecule has 0 aliphatic carbocycles. The number of likely N-dealkylation sites (tertiary alicyclic amines) is 1. The van der Waals surface area contributed by atoms with E-state index in [1.54, 1.807) is 4.90 Å². The third kappa shape index (κ3) is 3.22. The second-order valence-electron chi connectivity index (χ2n) is 5.16. The summed E-state index contributed by atoms with van der Waals surface area (Å²) in [6.45, 7) is 8.58. The Morgan fingerprint density at radius 3 is 2.40 bits per heavy atom. The summed E-state index contributed by atoms with van der Waals surface area (Å²) in [5, 5.41) is 0. The molecule has 0 N–H and O–H groups in total. The first-order valence-electron chi connectivity index (χ1n) is 5.26. The third-order valence-electron chi connectivity index (χ3n) is 2.50. The summed E-state index contributed by atoms with van der Waals surface area (Å²) in [5.41, 5.74) is -0.473. The van der Waals surface area contributed by atoms with Gasteiger partial charge in [-0.05, 0) is 26.7 Å². The molecule has 1 amide bonds. The molecule has 1 heterocycles. The van der Waals surface area contributed by atoms with Crippen LogP contribution >= 0.6 is 0 Å². The van der Waals surface area contributed by atoms with Gasteiger partial charge in [-0.3, -0.25) is 0 Å². The molecule has 0 unspecified atom stereocenters. The van der Waals surface area contributed by atoms with Gasteiger partial charge in [0.1, 0.15) is 11.9 Å². The molecule has 0 saturated carbocycles. The van der Waals surface area contributed by atoms with Gasteiger partial charge in [-0.25, -0.2) is 4.79 Å². The molecular formula is C11H19NO3. The molecule has 86 valence electrons. The summed E-state index contributed by atoms with van der Waals surface area (Å²) in [6, 6.07) is 0. The highest BCUT2D eigenvalue weighted by molar-refractivity contribution is 5.70. The number of carbonyl (C=O) groups is 2. The van der Waals surface area contributed by atoms with Crippen LogP contribution in [0.25, 0.3) is 0 Å². The van der Waals surface area contributed by atoms with Gasteiger partial charge >= 0.3 is 6.09 Å². The smallest absolute Gasteiger partial charge is 0.410 e. The van der Waals surface area contributed by atoms with E-state index in [4.69, 9.17) is 4.74 Å². The topological polar surface area (TPSA) is 46.6 Å². The zero-order valence-corrected chi connectivity index (χ0v) is 9.82. The van der Waals surface area contributed by atoms with Crippen LogP contribution < -0.4 is 0 Å². The van der Waals surface area contributed by atoms with E-state index in [2.05, 4.69) is 0 Å². The Bertz CT molecular complexity index is 257. The van der Waals surface area contributed by atoms with Crippen LogP contribution in [0, 0.1) is 11.8 Å². The maximum absolute atomic E-state index is 11.7. The monoisotopic (exact) mass is 213 g/mol. The molecule has 0 bridgehead atoms. The number of nitrogens with zero attached hydrogens (tertiary/aromatic N) is 1. The Hall–Kier alpha value is -1.06. The standard InChI is InChI=1S/C11H19NO3/c1-8-5-12(6-9(8)7-13)10(14)15-11(2,3)4/h7-9H,5-6H2,1-4H3/t8-,9+/m1/s1. The average Bonchev–Trinajstić information content (AvgIpc) is 2.43. The normalized spacial score (nSPS) is 26.5. The highest BCUT2D eigenvalue weighted by Gasteiger charge is 2.34. The molecular weight excluding hydrogens is 194 g/mol. The molecule has 0 aromatic heterocycles. The SMILES string of the molecule is C[C@@H]1CN(C(=O)OC(C)(C)C)C[C@H]1C=O. The van der Waals surface area contributed by atoms with Gasteiger partial charge in [0.2, 0.25) is 0 Å². The second kappa shape index (κ2) is 4.21. The molecule has 4 nitrogen and oxygen atoms in total. The lowest BCUT2D eigenvalue weighted by atomic mass is 10.0. The molecule has 1 aliphatic rings. The first kappa shape index (κ1) is 12.0. The van der Waals surface area contributed by atoms with Crippen LogP contribution in [0.2, 0.25) is 0 Å². The van der Waals surface area contributed by atoms with Crippen molar-refractivity contribution in [3.05, 3.63) is 0 Å². The van der Waals surface area contributed by atoms with Crippen molar-refractivity contribution in [3.8, 4) is 0 Å². The lowest BCUT2D eigenvalue weighted by molar-refractivity contribution is -0.111. The highest BCUT2D eigenvalue weighted by atomic mass is 16.6. The van der Waals surface area contributed by atoms with Crippen LogP contribution in [0.4, 0.5) is 4.79 Å². The van der Waals surface area contributed by atoms with Gasteiger partial charge in [0.15, 0.2) is 0 Å². The van der Waals surface area contributed by atoms with Crippen molar-refractivity contribution in [1.29, 1.82) is 0 Å². The molecule has 0 spiro atoms. The Balaban J connectivity index is 2.53. The molecule has 1 saturated heterocycles. The van der Waals surface area contributed by atoms with Crippen LogP contribution in [0.3, 0.4) is 0 Å². The van der Waals surface area contributed by atoms with Crippen molar-refractivity contribution in [2.75, 3.05) is 13.1 Å². The zero-order valence-electron chi connectivity index (χ0n) is 9.82. The molecule has 2 atom stereocenters. The fourth-order valence-electron chi connectivity index (χ4n) is 1.64. The Morgan fingerprint density at radius 2 is 2.00 bits per heavy atom. The van der Waals surface area contributed by atoms with E-state index in [-0.39, 0.29) is 17.9 Å². The van der Waals surface area contributed by atoms with Gasteiger partial charge in [0, 0.05) is 19.0 Å². The molecule has 1 rings (SSSR count). The molecule has 4 heteroatoms. The third-order valence-corrected chi connectivity index (χ3v) is 2.50. The Labute approximate surface area is 90.6 Å². The average molecular weight is 213 g/mol. The van der Waals surface area contributed by atoms with Crippen LogP contribution in [0.15, 0.2) is 0 Å². The summed E-state index contributed by atoms with van der Waals surface area (Å²) >= 11 is 0. The fraction of sp³-hybridized carbons (Fsp3) is 0.818. The first-order valence-corrected chi connectivity index (χ1v) is 5.26. The van der Waals surface area contributed by atoms with E-state index in [0.717, 1.165) is 6.29 Å². The minimum absolute atomic E-state index is 0.0440. The number of ether oxygens (including phenoxy) is 1. The van der Waals surface area contributed by atoms with Gasteiger partial charge in [-0.15, -0.1) is 0 Å². The van der Waals surface area contributed by atoms with Crippen LogP contribution in [-0.2, 0) is 9.53 Å². The maximum Gasteiger partial charge on any atom is 0.410 e. The van der Waals surface area contributed by atoms with E-state index in [0.29, 0.717) is 13.1 Å². The van der Waals surface area contributed by atoms with Gasteiger partial charge in [-0.1, -0.05) is 6.92 Å². The predicted octanol–water partition coefficient (Wildman–Crippen LogP) is 1.69. The van der Waals surface area contributed by atoms with E-state index < -0.39 is 5.60 Å². The quantitative estimate of drug-likeness (QED) is 0.623. The van der Waals surface area contributed by atoms with Gasteiger partial charge < -0.3 is 14.4 Å². The summed E-state index contributed by atoms with van der Waals surface area (Å²) < 4.78 is 5.23. The lowest BCUT2D eigenvalue weighted by Crippen LogP contribution is -2.35. The summed E-state index contributed by atoms with van der Waals surface area (Å²) in [7, 11) is 0. The minimum Gasteiger partial charge on any atom is -0.444 e. The van der Waals surface area contributed by atoms with Crippen molar-refractivity contribution >= 4 is 12.4 Å². The van der Waals surface area contributed by atoms with Crippen LogP contribution in [-0.4, -0.2) is 36.0 Å². The zero-order chi connectivity index (χ0) is 11.6. The Kier molecular flexibility index (Phi) is 3.37. The second-order valence-corrected chi connectivity index (χ2v) is 5.16. The molecule has 0 aromatic carbocycles. The highest BCUT2D eigenvalue weighted by Crippen LogP contribution is 2.22. The van der Waals surface area contributed by atoms with Gasteiger partial charge in [-0.2, -0.15) is 0 Å². The summed E-state index contributed by atoms with van der Waals surface area (Å²) in [5.74, 6) is 0.188. The number of rotatable bonds is 1. The number of amides is 1. The largest absolute Gasteiger partial charge is 0.444 e.